The number of hydrogen-bond acceptors (Lipinski definition) is 3. The molecule has 1 aliphatic rings. The zero-order valence-corrected chi connectivity index (χ0v) is 12.3. The Morgan fingerprint density at radius 2 is 1.85 bits per heavy atom. The SMILES string of the molecule is CC1CN(C(CN)c2ccc(F)cc2F)CC(C)N1C. The highest BCUT2D eigenvalue weighted by Crippen LogP contribution is 2.27. The van der Waals surface area contributed by atoms with Crippen molar-refractivity contribution in [1.82, 2.24) is 9.80 Å². The zero-order valence-electron chi connectivity index (χ0n) is 12.3. The number of halogens is 2. The Labute approximate surface area is 119 Å². The highest BCUT2D eigenvalue weighted by molar-refractivity contribution is 5.23. The van der Waals surface area contributed by atoms with Gasteiger partial charge in [0.15, 0.2) is 0 Å². The minimum absolute atomic E-state index is 0.200. The van der Waals surface area contributed by atoms with Crippen molar-refractivity contribution in [2.45, 2.75) is 32.0 Å². The molecule has 1 aliphatic heterocycles. The zero-order chi connectivity index (χ0) is 14.9. The molecular weight excluding hydrogens is 260 g/mol. The van der Waals surface area contributed by atoms with Crippen LogP contribution in [0.15, 0.2) is 18.2 Å². The van der Waals surface area contributed by atoms with Crippen LogP contribution in [0, 0.1) is 11.6 Å². The van der Waals surface area contributed by atoms with E-state index in [4.69, 9.17) is 5.73 Å². The first-order valence-corrected chi connectivity index (χ1v) is 7.05. The molecular formula is C15H23F2N3. The molecule has 0 spiro atoms. The topological polar surface area (TPSA) is 32.5 Å². The van der Waals surface area contributed by atoms with Gasteiger partial charge < -0.3 is 5.73 Å². The highest BCUT2D eigenvalue weighted by atomic mass is 19.1. The second-order valence-electron chi connectivity index (χ2n) is 5.73. The summed E-state index contributed by atoms with van der Waals surface area (Å²) in [4.78, 5) is 4.51. The fourth-order valence-electron chi connectivity index (χ4n) is 2.94. The van der Waals surface area contributed by atoms with Crippen LogP contribution in [0.4, 0.5) is 8.78 Å². The van der Waals surface area contributed by atoms with E-state index in [-0.39, 0.29) is 6.04 Å². The van der Waals surface area contributed by atoms with Crippen molar-refractivity contribution in [3.8, 4) is 0 Å². The van der Waals surface area contributed by atoms with Gasteiger partial charge in [0.25, 0.3) is 0 Å². The van der Waals surface area contributed by atoms with E-state index in [1.165, 1.54) is 12.1 Å². The molecule has 0 aliphatic carbocycles. The number of hydrogen-bond donors (Lipinski definition) is 1. The molecule has 112 valence electrons. The van der Waals surface area contributed by atoms with E-state index in [0.29, 0.717) is 24.2 Å². The van der Waals surface area contributed by atoms with Gasteiger partial charge in [0.2, 0.25) is 0 Å². The molecule has 0 aromatic heterocycles. The van der Waals surface area contributed by atoms with Crippen LogP contribution < -0.4 is 5.73 Å². The number of nitrogens with two attached hydrogens (primary N) is 1. The fourth-order valence-corrected chi connectivity index (χ4v) is 2.94. The molecule has 2 N–H and O–H groups in total. The Hall–Kier alpha value is -1.04. The largest absolute Gasteiger partial charge is 0.329 e. The summed E-state index contributed by atoms with van der Waals surface area (Å²) >= 11 is 0. The van der Waals surface area contributed by atoms with Crippen LogP contribution in [0.3, 0.4) is 0 Å². The molecule has 1 saturated heterocycles. The van der Waals surface area contributed by atoms with Crippen molar-refractivity contribution in [3.05, 3.63) is 35.4 Å². The monoisotopic (exact) mass is 283 g/mol. The van der Waals surface area contributed by atoms with Crippen LogP contribution in [-0.4, -0.2) is 48.6 Å². The first kappa shape index (κ1) is 15.4. The Kier molecular flexibility index (Phi) is 4.73. The Balaban J connectivity index is 2.24. The summed E-state index contributed by atoms with van der Waals surface area (Å²) in [5, 5.41) is 0. The van der Waals surface area contributed by atoms with E-state index in [1.54, 1.807) is 0 Å². The van der Waals surface area contributed by atoms with Gasteiger partial charge in [0.05, 0.1) is 6.04 Å². The summed E-state index contributed by atoms with van der Waals surface area (Å²) in [7, 11) is 2.10. The molecule has 3 nitrogen and oxygen atoms in total. The van der Waals surface area contributed by atoms with E-state index in [2.05, 4.69) is 30.7 Å². The molecule has 0 bridgehead atoms. The van der Waals surface area contributed by atoms with Gasteiger partial charge in [0, 0.05) is 43.3 Å². The lowest BCUT2D eigenvalue weighted by Gasteiger charge is -2.45. The molecule has 3 unspecified atom stereocenters. The number of piperazine rings is 1. The summed E-state index contributed by atoms with van der Waals surface area (Å²) in [6.45, 7) is 6.29. The van der Waals surface area contributed by atoms with Gasteiger partial charge in [-0.25, -0.2) is 8.78 Å². The van der Waals surface area contributed by atoms with Crippen LogP contribution in [0.25, 0.3) is 0 Å². The molecule has 3 atom stereocenters. The Morgan fingerprint density at radius 1 is 1.25 bits per heavy atom. The van der Waals surface area contributed by atoms with Gasteiger partial charge in [-0.2, -0.15) is 0 Å². The number of nitrogens with zero attached hydrogens (tertiary/aromatic N) is 2. The van der Waals surface area contributed by atoms with Crippen LogP contribution >= 0.6 is 0 Å². The molecule has 0 amide bonds. The first-order chi connectivity index (χ1) is 9.43. The lowest BCUT2D eigenvalue weighted by atomic mass is 10.0. The predicted octanol–water partition coefficient (Wildman–Crippen LogP) is 1.99. The Morgan fingerprint density at radius 3 is 2.35 bits per heavy atom. The first-order valence-electron chi connectivity index (χ1n) is 7.05. The van der Waals surface area contributed by atoms with Crippen molar-refractivity contribution < 1.29 is 8.78 Å². The van der Waals surface area contributed by atoms with Gasteiger partial charge in [-0.05, 0) is 27.0 Å². The second kappa shape index (κ2) is 6.16. The standard InChI is InChI=1S/C15H23F2N3/c1-10-8-20(9-11(2)19(10)3)15(7-18)13-5-4-12(16)6-14(13)17/h4-6,10-11,15H,7-9,18H2,1-3H3. The summed E-state index contributed by atoms with van der Waals surface area (Å²) in [5.41, 5.74) is 6.34. The fraction of sp³-hybridized carbons (Fsp3) is 0.600. The van der Waals surface area contributed by atoms with Gasteiger partial charge in [-0.15, -0.1) is 0 Å². The lowest BCUT2D eigenvalue weighted by Crippen LogP contribution is -2.56. The molecule has 2 rings (SSSR count). The van der Waals surface area contributed by atoms with E-state index >= 15 is 0 Å². The van der Waals surface area contributed by atoms with E-state index in [9.17, 15) is 8.78 Å². The molecule has 5 heteroatoms. The quantitative estimate of drug-likeness (QED) is 0.921. The average molecular weight is 283 g/mol. The number of benzene rings is 1. The molecule has 0 saturated carbocycles. The number of likely N-dealkylation sites (N-methyl/N-ethyl adjacent to an activating group) is 1. The molecule has 20 heavy (non-hydrogen) atoms. The maximum absolute atomic E-state index is 14.0. The summed E-state index contributed by atoms with van der Waals surface area (Å²) < 4.78 is 27.0. The normalized spacial score (nSPS) is 26.7. The third kappa shape index (κ3) is 3.00. The smallest absolute Gasteiger partial charge is 0.130 e. The highest BCUT2D eigenvalue weighted by Gasteiger charge is 2.31. The Bertz CT molecular complexity index is 454. The van der Waals surface area contributed by atoms with Gasteiger partial charge in [0.1, 0.15) is 11.6 Å². The van der Waals surface area contributed by atoms with Crippen LogP contribution in [0.2, 0.25) is 0 Å². The van der Waals surface area contributed by atoms with Gasteiger partial charge in [-0.1, -0.05) is 6.07 Å². The van der Waals surface area contributed by atoms with E-state index in [0.717, 1.165) is 19.2 Å². The van der Waals surface area contributed by atoms with Crippen molar-refractivity contribution in [3.63, 3.8) is 0 Å². The second-order valence-corrected chi connectivity index (χ2v) is 5.73. The minimum atomic E-state index is -0.554. The lowest BCUT2D eigenvalue weighted by molar-refractivity contribution is 0.0343. The van der Waals surface area contributed by atoms with E-state index in [1.807, 2.05) is 0 Å². The predicted molar refractivity (Wildman–Crippen MR) is 76.4 cm³/mol. The average Bonchev–Trinajstić information content (AvgIpc) is 2.39. The van der Waals surface area contributed by atoms with Gasteiger partial charge >= 0.3 is 0 Å². The summed E-state index contributed by atoms with van der Waals surface area (Å²) in [6.07, 6.45) is 0. The molecule has 1 aromatic carbocycles. The minimum Gasteiger partial charge on any atom is -0.329 e. The molecule has 1 aromatic rings. The summed E-state index contributed by atoms with van der Waals surface area (Å²) in [6, 6.07) is 4.31. The van der Waals surface area contributed by atoms with E-state index < -0.39 is 11.6 Å². The van der Waals surface area contributed by atoms with Gasteiger partial charge in [-0.3, -0.25) is 9.80 Å². The maximum atomic E-state index is 14.0. The van der Waals surface area contributed by atoms with Crippen molar-refractivity contribution in [2.24, 2.45) is 5.73 Å². The third-order valence-corrected chi connectivity index (χ3v) is 4.37. The van der Waals surface area contributed by atoms with Crippen LogP contribution in [-0.2, 0) is 0 Å². The number of rotatable bonds is 3. The molecule has 0 radical (unpaired) electrons. The van der Waals surface area contributed by atoms with Crippen molar-refractivity contribution in [2.75, 3.05) is 26.7 Å². The van der Waals surface area contributed by atoms with Crippen molar-refractivity contribution >= 4 is 0 Å². The van der Waals surface area contributed by atoms with Crippen molar-refractivity contribution in [1.29, 1.82) is 0 Å². The van der Waals surface area contributed by atoms with Crippen LogP contribution in [0.5, 0.6) is 0 Å². The summed E-state index contributed by atoms with van der Waals surface area (Å²) in [5.74, 6) is -1.07. The van der Waals surface area contributed by atoms with Crippen LogP contribution in [0.1, 0.15) is 25.5 Å². The molecule has 1 fully saturated rings. The third-order valence-electron chi connectivity index (χ3n) is 4.37. The maximum Gasteiger partial charge on any atom is 0.130 e. The molecule has 1 heterocycles.